The summed E-state index contributed by atoms with van der Waals surface area (Å²) in [5, 5.41) is 8.49. The van der Waals surface area contributed by atoms with Gasteiger partial charge in [-0.3, -0.25) is 14.9 Å². The molecule has 4 aromatic rings. The summed E-state index contributed by atoms with van der Waals surface area (Å²) in [6.45, 7) is 2.00. The van der Waals surface area contributed by atoms with Crippen LogP contribution in [0.3, 0.4) is 0 Å². The van der Waals surface area contributed by atoms with Crippen molar-refractivity contribution < 1.29 is 23.2 Å². The number of thiazole rings is 1. The summed E-state index contributed by atoms with van der Waals surface area (Å²) < 4.78 is 16.7. The Morgan fingerprint density at radius 1 is 1.17 bits per heavy atom. The molecule has 2 amide bonds. The van der Waals surface area contributed by atoms with Crippen LogP contribution in [0.25, 0.3) is 22.4 Å². The number of hydrogen-bond donors (Lipinski definition) is 2. The quantitative estimate of drug-likeness (QED) is 0.460. The summed E-state index contributed by atoms with van der Waals surface area (Å²) in [6.07, 6.45) is 0. The van der Waals surface area contributed by atoms with Gasteiger partial charge in [0.25, 0.3) is 5.91 Å². The highest BCUT2D eigenvalue weighted by molar-refractivity contribution is 7.14. The summed E-state index contributed by atoms with van der Waals surface area (Å²) in [4.78, 5) is 28.3. The molecule has 3 heterocycles. The number of benzene rings is 1. The van der Waals surface area contributed by atoms with Crippen LogP contribution in [-0.4, -0.2) is 23.9 Å². The van der Waals surface area contributed by atoms with Crippen LogP contribution in [0.5, 0.6) is 0 Å². The van der Waals surface area contributed by atoms with Crippen molar-refractivity contribution >= 4 is 39.3 Å². The van der Waals surface area contributed by atoms with E-state index in [2.05, 4.69) is 15.6 Å². The van der Waals surface area contributed by atoms with Crippen LogP contribution in [0.2, 0.25) is 0 Å². The lowest BCUT2D eigenvalue weighted by atomic mass is 10.1. The number of hydrogen-bond acceptors (Lipinski definition) is 7. The van der Waals surface area contributed by atoms with Crippen LogP contribution >= 0.6 is 11.3 Å². The highest BCUT2D eigenvalue weighted by Crippen LogP contribution is 2.29. The SMILES string of the molecule is COCc1c(C(=O)Nc2nc(-c3ccc(CNC(C)=O)o3)cs2)oc2ccccc12. The lowest BCUT2D eigenvalue weighted by Gasteiger charge is -2.02. The Morgan fingerprint density at radius 2 is 2.00 bits per heavy atom. The van der Waals surface area contributed by atoms with Crippen molar-refractivity contribution in [2.75, 3.05) is 12.4 Å². The predicted molar refractivity (Wildman–Crippen MR) is 112 cm³/mol. The molecule has 2 N–H and O–H groups in total. The third-order valence-corrected chi connectivity index (χ3v) is 5.10. The number of nitrogens with one attached hydrogen (secondary N) is 2. The van der Waals surface area contributed by atoms with Gasteiger partial charge >= 0.3 is 0 Å². The predicted octanol–water partition coefficient (Wildman–Crippen LogP) is 4.18. The number of amides is 2. The first-order valence-electron chi connectivity index (χ1n) is 9.15. The normalized spacial score (nSPS) is 11.0. The zero-order valence-electron chi connectivity index (χ0n) is 16.4. The molecular weight excluding hydrogens is 406 g/mol. The fourth-order valence-electron chi connectivity index (χ4n) is 2.99. The second-order valence-corrected chi connectivity index (χ2v) is 7.36. The van der Waals surface area contributed by atoms with E-state index in [1.165, 1.54) is 18.3 Å². The largest absolute Gasteiger partial charge is 0.458 e. The molecule has 0 fully saturated rings. The van der Waals surface area contributed by atoms with E-state index in [4.69, 9.17) is 13.6 Å². The van der Waals surface area contributed by atoms with Crippen LogP contribution in [0.15, 0.2) is 50.6 Å². The van der Waals surface area contributed by atoms with Crippen molar-refractivity contribution in [1.82, 2.24) is 10.3 Å². The third kappa shape index (κ3) is 4.12. The average molecular weight is 425 g/mol. The van der Waals surface area contributed by atoms with Gasteiger partial charge < -0.3 is 18.9 Å². The fourth-order valence-corrected chi connectivity index (χ4v) is 3.69. The van der Waals surface area contributed by atoms with E-state index in [9.17, 15) is 9.59 Å². The second kappa shape index (κ2) is 8.52. The highest BCUT2D eigenvalue weighted by Gasteiger charge is 2.21. The van der Waals surface area contributed by atoms with E-state index in [0.29, 0.717) is 40.0 Å². The van der Waals surface area contributed by atoms with Gasteiger partial charge in [-0.2, -0.15) is 0 Å². The first-order valence-corrected chi connectivity index (χ1v) is 10.0. The van der Waals surface area contributed by atoms with E-state index in [-0.39, 0.29) is 18.3 Å². The molecule has 3 aromatic heterocycles. The number of carbonyl (C=O) groups excluding carboxylic acids is 2. The topological polar surface area (TPSA) is 107 Å². The Morgan fingerprint density at radius 3 is 2.80 bits per heavy atom. The van der Waals surface area contributed by atoms with Gasteiger partial charge in [0.2, 0.25) is 5.91 Å². The van der Waals surface area contributed by atoms with Crippen molar-refractivity contribution in [3.8, 4) is 11.5 Å². The van der Waals surface area contributed by atoms with Crippen molar-refractivity contribution in [3.63, 3.8) is 0 Å². The summed E-state index contributed by atoms with van der Waals surface area (Å²) in [5.41, 5.74) is 1.90. The number of fused-ring (bicyclic) bond motifs is 1. The smallest absolute Gasteiger partial charge is 0.293 e. The number of carbonyl (C=O) groups is 2. The fraction of sp³-hybridized carbons (Fsp3) is 0.190. The first-order chi connectivity index (χ1) is 14.5. The zero-order chi connectivity index (χ0) is 21.1. The number of anilines is 1. The standard InChI is InChI=1S/C21H19N3O5S/c1-12(25)22-9-13-7-8-18(28-13)16-11-30-21(23-16)24-20(26)19-15(10-27-2)14-5-3-4-6-17(14)29-19/h3-8,11H,9-10H2,1-2H3,(H,22,25)(H,23,24,26). The molecule has 1 aromatic carbocycles. The molecule has 4 rings (SSSR count). The van der Waals surface area contributed by atoms with Crippen LogP contribution < -0.4 is 10.6 Å². The van der Waals surface area contributed by atoms with Gasteiger partial charge in [0, 0.05) is 30.4 Å². The minimum atomic E-state index is -0.398. The first kappa shape index (κ1) is 19.9. The van der Waals surface area contributed by atoms with Gasteiger partial charge in [0.15, 0.2) is 16.7 Å². The van der Waals surface area contributed by atoms with Gasteiger partial charge in [0.05, 0.1) is 13.2 Å². The molecule has 0 atom stereocenters. The number of furan rings is 2. The molecule has 0 aliphatic heterocycles. The Bertz CT molecular complexity index is 1210. The van der Waals surface area contributed by atoms with Gasteiger partial charge in [-0.05, 0) is 18.2 Å². The molecular formula is C21H19N3O5S. The summed E-state index contributed by atoms with van der Waals surface area (Å²) in [6, 6.07) is 11.0. The number of methoxy groups -OCH3 is 1. The van der Waals surface area contributed by atoms with Gasteiger partial charge in [-0.1, -0.05) is 18.2 Å². The second-order valence-electron chi connectivity index (χ2n) is 6.51. The van der Waals surface area contributed by atoms with Gasteiger partial charge in [-0.25, -0.2) is 4.98 Å². The van der Waals surface area contributed by atoms with Crippen LogP contribution in [0.1, 0.15) is 28.8 Å². The van der Waals surface area contributed by atoms with E-state index in [1.54, 1.807) is 24.6 Å². The Balaban J connectivity index is 1.52. The minimum absolute atomic E-state index is 0.134. The molecule has 0 saturated heterocycles. The maximum absolute atomic E-state index is 12.8. The molecule has 0 saturated carbocycles. The molecule has 8 nitrogen and oxygen atoms in total. The number of ether oxygens (including phenoxy) is 1. The highest BCUT2D eigenvalue weighted by atomic mass is 32.1. The number of rotatable bonds is 7. The maximum atomic E-state index is 12.8. The van der Waals surface area contributed by atoms with Crippen molar-refractivity contribution in [2.45, 2.75) is 20.1 Å². The summed E-state index contributed by atoms with van der Waals surface area (Å²) in [7, 11) is 1.57. The van der Waals surface area contributed by atoms with Crippen molar-refractivity contribution in [2.24, 2.45) is 0 Å². The molecule has 9 heteroatoms. The van der Waals surface area contributed by atoms with E-state index >= 15 is 0 Å². The molecule has 0 bridgehead atoms. The Hall–Kier alpha value is -3.43. The number of aromatic nitrogens is 1. The maximum Gasteiger partial charge on any atom is 0.293 e. The minimum Gasteiger partial charge on any atom is -0.458 e. The molecule has 154 valence electrons. The molecule has 0 unspecified atom stereocenters. The van der Waals surface area contributed by atoms with Crippen LogP contribution in [0.4, 0.5) is 5.13 Å². The molecule has 0 spiro atoms. The van der Waals surface area contributed by atoms with Gasteiger partial charge in [0.1, 0.15) is 17.0 Å². The van der Waals surface area contributed by atoms with Crippen LogP contribution in [0, 0.1) is 0 Å². The number of para-hydroxylation sites is 1. The lowest BCUT2D eigenvalue weighted by molar-refractivity contribution is -0.119. The monoisotopic (exact) mass is 425 g/mol. The molecule has 0 aliphatic carbocycles. The third-order valence-electron chi connectivity index (χ3n) is 4.34. The zero-order valence-corrected chi connectivity index (χ0v) is 17.2. The average Bonchev–Trinajstić information content (AvgIpc) is 3.45. The van der Waals surface area contributed by atoms with E-state index in [1.807, 2.05) is 24.3 Å². The summed E-state index contributed by atoms with van der Waals surface area (Å²) in [5.74, 6) is 0.835. The van der Waals surface area contributed by atoms with Crippen LogP contribution in [-0.2, 0) is 22.7 Å². The number of nitrogens with zero attached hydrogens (tertiary/aromatic N) is 1. The van der Waals surface area contributed by atoms with E-state index < -0.39 is 5.91 Å². The molecule has 30 heavy (non-hydrogen) atoms. The van der Waals surface area contributed by atoms with E-state index in [0.717, 1.165) is 5.39 Å². The van der Waals surface area contributed by atoms with Crippen molar-refractivity contribution in [3.05, 3.63) is 58.9 Å². The molecule has 0 radical (unpaired) electrons. The lowest BCUT2D eigenvalue weighted by Crippen LogP contribution is -2.18. The Kier molecular flexibility index (Phi) is 5.64. The van der Waals surface area contributed by atoms with Gasteiger partial charge in [-0.15, -0.1) is 11.3 Å². The molecule has 0 aliphatic rings. The Labute approximate surface area is 175 Å². The summed E-state index contributed by atoms with van der Waals surface area (Å²) >= 11 is 1.28. The van der Waals surface area contributed by atoms with Crippen molar-refractivity contribution in [1.29, 1.82) is 0 Å².